The molecule has 1 heterocycles. The first-order chi connectivity index (χ1) is 11.4. The summed E-state index contributed by atoms with van der Waals surface area (Å²) in [4.78, 5) is 35.9. The van der Waals surface area contributed by atoms with Crippen molar-refractivity contribution in [2.45, 2.75) is 44.2 Å². The SMILES string of the molecule is CC[C@@H]1OCC(=O)C1NC(=O)[CH]CC(C)(C(N)=O)c1ccccc1. The van der Waals surface area contributed by atoms with Crippen molar-refractivity contribution in [2.24, 2.45) is 5.73 Å². The highest BCUT2D eigenvalue weighted by molar-refractivity contribution is 5.95. The summed E-state index contributed by atoms with van der Waals surface area (Å²) in [5, 5.41) is 2.67. The average molecular weight is 331 g/mol. The minimum atomic E-state index is -0.987. The second-order valence-electron chi connectivity index (χ2n) is 6.18. The Bertz CT molecular complexity index is 617. The summed E-state index contributed by atoms with van der Waals surface area (Å²) in [5.74, 6) is -1.05. The Labute approximate surface area is 141 Å². The van der Waals surface area contributed by atoms with Gasteiger partial charge in [-0.15, -0.1) is 0 Å². The maximum Gasteiger partial charge on any atom is 0.227 e. The van der Waals surface area contributed by atoms with E-state index in [9.17, 15) is 14.4 Å². The van der Waals surface area contributed by atoms with Gasteiger partial charge < -0.3 is 15.8 Å². The van der Waals surface area contributed by atoms with Crippen LogP contribution >= 0.6 is 0 Å². The molecule has 0 aliphatic carbocycles. The van der Waals surface area contributed by atoms with E-state index < -0.39 is 23.3 Å². The van der Waals surface area contributed by atoms with Crippen molar-refractivity contribution < 1.29 is 19.1 Å². The van der Waals surface area contributed by atoms with Gasteiger partial charge >= 0.3 is 0 Å². The Morgan fingerprint density at radius 3 is 2.62 bits per heavy atom. The number of ketones is 1. The zero-order valence-corrected chi connectivity index (χ0v) is 14.0. The van der Waals surface area contributed by atoms with Crippen molar-refractivity contribution >= 4 is 17.6 Å². The molecule has 2 rings (SSSR count). The second kappa shape index (κ2) is 7.57. The summed E-state index contributed by atoms with van der Waals surface area (Å²) < 4.78 is 5.33. The van der Waals surface area contributed by atoms with E-state index in [1.807, 2.05) is 25.1 Å². The molecule has 129 valence electrons. The molecule has 0 aromatic heterocycles. The molecule has 1 aliphatic rings. The highest BCUT2D eigenvalue weighted by atomic mass is 16.5. The lowest BCUT2D eigenvalue weighted by Crippen LogP contribution is -2.46. The van der Waals surface area contributed by atoms with E-state index >= 15 is 0 Å². The van der Waals surface area contributed by atoms with Crippen LogP contribution in [-0.2, 0) is 24.5 Å². The summed E-state index contributed by atoms with van der Waals surface area (Å²) in [6, 6.07) is 8.46. The zero-order valence-electron chi connectivity index (χ0n) is 14.0. The summed E-state index contributed by atoms with van der Waals surface area (Å²) in [5.41, 5.74) is 5.31. The number of benzene rings is 1. The van der Waals surface area contributed by atoms with E-state index in [0.717, 1.165) is 5.56 Å². The van der Waals surface area contributed by atoms with Gasteiger partial charge in [-0.3, -0.25) is 14.4 Å². The molecule has 1 saturated heterocycles. The van der Waals surface area contributed by atoms with Crippen LogP contribution in [0.15, 0.2) is 30.3 Å². The fraction of sp³-hybridized carbons (Fsp3) is 0.444. The second-order valence-corrected chi connectivity index (χ2v) is 6.18. The number of amides is 2. The van der Waals surface area contributed by atoms with Gasteiger partial charge in [0, 0.05) is 0 Å². The van der Waals surface area contributed by atoms with E-state index in [1.54, 1.807) is 19.1 Å². The minimum absolute atomic E-state index is 0.0203. The smallest absolute Gasteiger partial charge is 0.227 e. The molecular formula is C18H23N2O4. The quantitative estimate of drug-likeness (QED) is 0.775. The van der Waals surface area contributed by atoms with Crippen LogP contribution in [0.2, 0.25) is 0 Å². The molecule has 0 bridgehead atoms. The number of carbonyl (C=O) groups is 3. The number of nitrogens with one attached hydrogen (secondary N) is 1. The maximum absolute atomic E-state index is 12.2. The van der Waals surface area contributed by atoms with Crippen molar-refractivity contribution in [3.8, 4) is 0 Å². The number of carbonyl (C=O) groups excluding carboxylic acids is 3. The Balaban J connectivity index is 2.01. The molecule has 6 heteroatoms. The van der Waals surface area contributed by atoms with Gasteiger partial charge in [-0.2, -0.15) is 0 Å². The zero-order chi connectivity index (χ0) is 17.7. The monoisotopic (exact) mass is 331 g/mol. The van der Waals surface area contributed by atoms with Gasteiger partial charge in [-0.05, 0) is 25.3 Å². The molecule has 1 aromatic carbocycles. The third-order valence-corrected chi connectivity index (χ3v) is 4.51. The molecule has 0 spiro atoms. The topological polar surface area (TPSA) is 98.5 Å². The van der Waals surface area contributed by atoms with E-state index in [1.165, 1.54) is 6.42 Å². The third-order valence-electron chi connectivity index (χ3n) is 4.51. The lowest BCUT2D eigenvalue weighted by atomic mass is 9.78. The summed E-state index contributed by atoms with van der Waals surface area (Å²) in [6.07, 6.45) is 1.86. The van der Waals surface area contributed by atoms with Crippen LogP contribution in [0.3, 0.4) is 0 Å². The highest BCUT2D eigenvalue weighted by Gasteiger charge is 2.37. The van der Waals surface area contributed by atoms with Gasteiger partial charge in [-0.25, -0.2) is 0 Å². The summed E-state index contributed by atoms with van der Waals surface area (Å²) >= 11 is 0. The molecule has 1 aromatic rings. The van der Waals surface area contributed by atoms with Crippen LogP contribution < -0.4 is 11.1 Å². The van der Waals surface area contributed by atoms with Crippen LogP contribution in [-0.4, -0.2) is 36.4 Å². The largest absolute Gasteiger partial charge is 0.369 e. The maximum atomic E-state index is 12.2. The molecule has 1 aliphatic heterocycles. The van der Waals surface area contributed by atoms with Gasteiger partial charge in [0.05, 0.1) is 17.9 Å². The Hall–Kier alpha value is -2.21. The Morgan fingerprint density at radius 2 is 2.04 bits per heavy atom. The van der Waals surface area contributed by atoms with Crippen molar-refractivity contribution in [1.29, 1.82) is 0 Å². The van der Waals surface area contributed by atoms with Gasteiger partial charge in [0.1, 0.15) is 12.6 Å². The number of hydrogen-bond donors (Lipinski definition) is 2. The first-order valence-corrected chi connectivity index (χ1v) is 8.02. The highest BCUT2D eigenvalue weighted by Crippen LogP contribution is 2.28. The van der Waals surface area contributed by atoms with Crippen LogP contribution in [0.25, 0.3) is 0 Å². The van der Waals surface area contributed by atoms with E-state index in [0.29, 0.717) is 6.42 Å². The third kappa shape index (κ3) is 3.82. The number of primary amides is 1. The number of nitrogens with two attached hydrogens (primary N) is 1. The lowest BCUT2D eigenvalue weighted by molar-refractivity contribution is -0.125. The number of rotatable bonds is 7. The van der Waals surface area contributed by atoms with Crippen molar-refractivity contribution in [2.75, 3.05) is 6.61 Å². The molecule has 1 radical (unpaired) electrons. The lowest BCUT2D eigenvalue weighted by Gasteiger charge is -2.26. The van der Waals surface area contributed by atoms with Crippen molar-refractivity contribution in [1.82, 2.24) is 5.32 Å². The normalized spacial score (nSPS) is 22.8. The molecule has 1 fully saturated rings. The Morgan fingerprint density at radius 1 is 1.38 bits per heavy atom. The predicted octanol–water partition coefficient (Wildman–Crippen LogP) is 0.887. The molecule has 24 heavy (non-hydrogen) atoms. The molecule has 3 atom stereocenters. The first-order valence-electron chi connectivity index (χ1n) is 8.02. The standard InChI is InChI=1S/C18H23N2O4/c1-3-14-16(13(21)11-24-14)20-15(22)9-10-18(2,17(19)23)12-7-5-4-6-8-12/h4-9,14,16H,3,10-11H2,1-2H3,(H2,19,23)(H,20,22)/t14-,16?,18?/m0/s1. The average Bonchev–Trinajstić information content (AvgIpc) is 2.93. The number of Topliss-reactive ketones (excluding diaryl/α,β-unsaturated/α-hetero) is 1. The van der Waals surface area contributed by atoms with Gasteiger partial charge in [0.2, 0.25) is 11.8 Å². The molecule has 6 nitrogen and oxygen atoms in total. The van der Waals surface area contributed by atoms with Gasteiger partial charge in [-0.1, -0.05) is 37.3 Å². The fourth-order valence-electron chi connectivity index (χ4n) is 2.79. The summed E-state index contributed by atoms with van der Waals surface area (Å²) in [6.45, 7) is 3.62. The van der Waals surface area contributed by atoms with Gasteiger partial charge in [0.15, 0.2) is 5.78 Å². The van der Waals surface area contributed by atoms with Gasteiger partial charge in [0.25, 0.3) is 0 Å². The summed E-state index contributed by atoms with van der Waals surface area (Å²) in [7, 11) is 0. The van der Waals surface area contributed by atoms with Crippen LogP contribution in [0, 0.1) is 6.42 Å². The molecule has 2 unspecified atom stereocenters. The molecule has 0 saturated carbocycles. The van der Waals surface area contributed by atoms with Crippen LogP contribution in [0.4, 0.5) is 0 Å². The minimum Gasteiger partial charge on any atom is -0.369 e. The van der Waals surface area contributed by atoms with E-state index in [2.05, 4.69) is 5.32 Å². The van der Waals surface area contributed by atoms with E-state index in [4.69, 9.17) is 10.5 Å². The molecule has 3 N–H and O–H groups in total. The van der Waals surface area contributed by atoms with Crippen LogP contribution in [0.5, 0.6) is 0 Å². The predicted molar refractivity (Wildman–Crippen MR) is 88.9 cm³/mol. The molecular weight excluding hydrogens is 308 g/mol. The fourth-order valence-corrected chi connectivity index (χ4v) is 2.79. The van der Waals surface area contributed by atoms with E-state index in [-0.39, 0.29) is 24.9 Å². The Kier molecular flexibility index (Phi) is 5.72. The number of ether oxygens (including phenoxy) is 1. The van der Waals surface area contributed by atoms with Crippen LogP contribution in [0.1, 0.15) is 32.3 Å². The first kappa shape index (κ1) is 18.1. The number of hydrogen-bond acceptors (Lipinski definition) is 4. The van der Waals surface area contributed by atoms with Crippen molar-refractivity contribution in [3.05, 3.63) is 42.3 Å². The molecule has 2 amide bonds. The van der Waals surface area contributed by atoms with Crippen molar-refractivity contribution in [3.63, 3.8) is 0 Å².